The molecule has 4 nitrogen and oxygen atoms in total. The number of hydrogen-bond donors (Lipinski definition) is 1. The van der Waals surface area contributed by atoms with Crippen molar-refractivity contribution < 1.29 is 9.59 Å². The van der Waals surface area contributed by atoms with Crippen molar-refractivity contribution in [2.24, 2.45) is 5.73 Å². The van der Waals surface area contributed by atoms with E-state index in [1.54, 1.807) is 4.90 Å². The molecule has 104 valence electrons. The quantitative estimate of drug-likeness (QED) is 0.874. The maximum atomic E-state index is 12.6. The van der Waals surface area contributed by atoms with Crippen LogP contribution in [0.5, 0.6) is 0 Å². The van der Waals surface area contributed by atoms with E-state index < -0.39 is 5.91 Å². The molecule has 1 aliphatic heterocycles. The van der Waals surface area contributed by atoms with Gasteiger partial charge in [0.15, 0.2) is 0 Å². The number of benzene rings is 2. The molecule has 1 heterocycles. The van der Waals surface area contributed by atoms with E-state index in [0.29, 0.717) is 12.1 Å². The molecular formula is C17H14N2O2. The molecule has 0 atom stereocenters. The Morgan fingerprint density at radius 2 is 1.71 bits per heavy atom. The molecule has 4 heteroatoms. The summed E-state index contributed by atoms with van der Waals surface area (Å²) in [6.45, 7) is 0.465. The molecule has 2 aromatic rings. The van der Waals surface area contributed by atoms with Gasteiger partial charge in [0.1, 0.15) is 0 Å². The lowest BCUT2D eigenvalue weighted by atomic mass is 10.1. The van der Waals surface area contributed by atoms with E-state index in [0.717, 1.165) is 16.8 Å². The van der Waals surface area contributed by atoms with E-state index in [-0.39, 0.29) is 5.91 Å². The smallest absolute Gasteiger partial charge is 0.259 e. The summed E-state index contributed by atoms with van der Waals surface area (Å²) in [5.41, 5.74) is 8.14. The number of para-hydroxylation sites is 1. The van der Waals surface area contributed by atoms with Crippen LogP contribution in [0.25, 0.3) is 5.57 Å². The maximum Gasteiger partial charge on any atom is 0.259 e. The zero-order chi connectivity index (χ0) is 14.8. The molecule has 0 saturated heterocycles. The second kappa shape index (κ2) is 5.25. The third-order valence-corrected chi connectivity index (χ3v) is 3.43. The lowest BCUT2D eigenvalue weighted by molar-refractivity contribution is -0.115. The van der Waals surface area contributed by atoms with E-state index in [1.807, 2.05) is 54.6 Å². The Morgan fingerprint density at radius 3 is 2.43 bits per heavy atom. The van der Waals surface area contributed by atoms with Gasteiger partial charge in [-0.3, -0.25) is 9.59 Å². The van der Waals surface area contributed by atoms with Gasteiger partial charge in [0.05, 0.1) is 17.8 Å². The Morgan fingerprint density at radius 1 is 1.05 bits per heavy atom. The molecule has 0 spiro atoms. The zero-order valence-corrected chi connectivity index (χ0v) is 11.3. The van der Waals surface area contributed by atoms with Gasteiger partial charge >= 0.3 is 0 Å². The Kier molecular flexibility index (Phi) is 3.28. The molecule has 1 aliphatic rings. The Bertz CT molecular complexity index is 735. The fourth-order valence-electron chi connectivity index (χ4n) is 2.51. The monoisotopic (exact) mass is 278 g/mol. The van der Waals surface area contributed by atoms with E-state index >= 15 is 0 Å². The molecule has 0 aliphatic carbocycles. The lowest BCUT2D eigenvalue weighted by Gasteiger charge is -2.17. The number of nitrogens with two attached hydrogens (primary N) is 1. The molecule has 0 fully saturated rings. The summed E-state index contributed by atoms with van der Waals surface area (Å²) >= 11 is 0. The second-order valence-corrected chi connectivity index (χ2v) is 4.85. The molecular weight excluding hydrogens is 264 g/mol. The van der Waals surface area contributed by atoms with Crippen LogP contribution in [0.3, 0.4) is 0 Å². The number of nitrogens with zero attached hydrogens (tertiary/aromatic N) is 1. The van der Waals surface area contributed by atoms with Crippen LogP contribution in [0.2, 0.25) is 0 Å². The summed E-state index contributed by atoms with van der Waals surface area (Å²) in [5.74, 6) is -0.812. The summed E-state index contributed by atoms with van der Waals surface area (Å²) in [6.07, 6.45) is 1.20. The first-order valence-corrected chi connectivity index (χ1v) is 6.63. The molecule has 3 rings (SSSR count). The van der Waals surface area contributed by atoms with Gasteiger partial charge in [0, 0.05) is 11.6 Å². The normalized spacial score (nSPS) is 15.3. The average Bonchev–Trinajstić information content (AvgIpc) is 2.74. The molecule has 0 radical (unpaired) electrons. The van der Waals surface area contributed by atoms with Crippen LogP contribution in [-0.4, -0.2) is 11.8 Å². The zero-order valence-electron chi connectivity index (χ0n) is 11.3. The number of hydrogen-bond acceptors (Lipinski definition) is 2. The van der Waals surface area contributed by atoms with Gasteiger partial charge in [-0.05, 0) is 11.6 Å². The summed E-state index contributed by atoms with van der Waals surface area (Å²) in [4.78, 5) is 25.4. The van der Waals surface area contributed by atoms with Crippen molar-refractivity contribution in [2.45, 2.75) is 6.54 Å². The van der Waals surface area contributed by atoms with E-state index in [1.165, 1.54) is 6.08 Å². The van der Waals surface area contributed by atoms with Gasteiger partial charge in [0.25, 0.3) is 5.91 Å². The van der Waals surface area contributed by atoms with Crippen molar-refractivity contribution in [1.82, 2.24) is 0 Å². The molecule has 0 bridgehead atoms. The predicted molar refractivity (Wildman–Crippen MR) is 81.2 cm³/mol. The molecule has 0 aromatic heterocycles. The summed E-state index contributed by atoms with van der Waals surface area (Å²) < 4.78 is 0. The number of rotatable bonds is 3. The number of carbonyl (C=O) groups excluding carboxylic acids is 2. The van der Waals surface area contributed by atoms with E-state index in [2.05, 4.69) is 0 Å². The topological polar surface area (TPSA) is 63.4 Å². The van der Waals surface area contributed by atoms with Crippen LogP contribution in [0, 0.1) is 0 Å². The van der Waals surface area contributed by atoms with Gasteiger partial charge in [0.2, 0.25) is 5.91 Å². The van der Waals surface area contributed by atoms with Gasteiger partial charge in [-0.1, -0.05) is 48.5 Å². The first kappa shape index (κ1) is 13.1. The molecule has 21 heavy (non-hydrogen) atoms. The Balaban J connectivity index is 2.03. The Hall–Kier alpha value is -2.88. The molecule has 0 saturated carbocycles. The summed E-state index contributed by atoms with van der Waals surface area (Å²) in [5, 5.41) is 0. The van der Waals surface area contributed by atoms with Crippen molar-refractivity contribution in [3.63, 3.8) is 0 Å². The number of anilines is 1. The number of fused-ring (bicyclic) bond motifs is 1. The van der Waals surface area contributed by atoms with Gasteiger partial charge < -0.3 is 10.6 Å². The van der Waals surface area contributed by atoms with Crippen molar-refractivity contribution >= 4 is 23.1 Å². The number of carbonyl (C=O) groups is 2. The highest BCUT2D eigenvalue weighted by Gasteiger charge is 2.32. The third kappa shape index (κ3) is 2.43. The van der Waals surface area contributed by atoms with Crippen LogP contribution in [0.1, 0.15) is 11.1 Å². The summed E-state index contributed by atoms with van der Waals surface area (Å²) in [6, 6.07) is 17.1. The molecule has 2 amide bonds. The van der Waals surface area contributed by atoms with Crippen LogP contribution in [0.4, 0.5) is 5.69 Å². The van der Waals surface area contributed by atoms with E-state index in [9.17, 15) is 9.59 Å². The summed E-state index contributed by atoms with van der Waals surface area (Å²) in [7, 11) is 0. The fraction of sp³-hybridized carbons (Fsp3) is 0.0588. The van der Waals surface area contributed by atoms with Crippen molar-refractivity contribution in [2.75, 3.05) is 4.90 Å². The largest absolute Gasteiger partial charge is 0.366 e. The minimum absolute atomic E-state index is 0.196. The first-order valence-electron chi connectivity index (χ1n) is 6.63. The van der Waals surface area contributed by atoms with Gasteiger partial charge in [-0.25, -0.2) is 0 Å². The van der Waals surface area contributed by atoms with Crippen molar-refractivity contribution in [3.05, 3.63) is 71.8 Å². The van der Waals surface area contributed by atoms with Gasteiger partial charge in [-0.15, -0.1) is 0 Å². The molecule has 0 unspecified atom stereocenters. The maximum absolute atomic E-state index is 12.6. The fourth-order valence-corrected chi connectivity index (χ4v) is 2.51. The van der Waals surface area contributed by atoms with Crippen molar-refractivity contribution in [3.8, 4) is 0 Å². The first-order chi connectivity index (χ1) is 10.2. The second-order valence-electron chi connectivity index (χ2n) is 4.85. The van der Waals surface area contributed by atoms with Crippen LogP contribution in [0.15, 0.2) is 60.7 Å². The van der Waals surface area contributed by atoms with Crippen LogP contribution < -0.4 is 10.6 Å². The van der Waals surface area contributed by atoms with Gasteiger partial charge in [-0.2, -0.15) is 0 Å². The predicted octanol–water partition coefficient (Wildman–Crippen LogP) is 2.10. The van der Waals surface area contributed by atoms with E-state index in [4.69, 9.17) is 5.73 Å². The highest BCUT2D eigenvalue weighted by Crippen LogP contribution is 2.37. The van der Waals surface area contributed by atoms with Crippen LogP contribution >= 0.6 is 0 Å². The minimum atomic E-state index is -0.616. The highest BCUT2D eigenvalue weighted by molar-refractivity contribution is 6.34. The highest BCUT2D eigenvalue weighted by atomic mass is 16.2. The SMILES string of the molecule is NC(=O)/C=C1/C(=O)N(Cc2ccccc2)c2ccccc21. The van der Waals surface area contributed by atoms with Crippen LogP contribution in [-0.2, 0) is 16.1 Å². The number of primary amides is 1. The Labute approximate surface area is 122 Å². The lowest BCUT2D eigenvalue weighted by Crippen LogP contribution is -2.26. The average molecular weight is 278 g/mol. The standard InChI is InChI=1S/C17H14N2O2/c18-16(20)10-14-13-8-4-5-9-15(13)19(17(14)21)11-12-6-2-1-3-7-12/h1-10H,11H2,(H2,18,20)/b14-10+. The molecule has 2 N–H and O–H groups in total. The number of amides is 2. The third-order valence-electron chi connectivity index (χ3n) is 3.43. The van der Waals surface area contributed by atoms with Crippen molar-refractivity contribution in [1.29, 1.82) is 0 Å². The molecule has 2 aromatic carbocycles. The minimum Gasteiger partial charge on any atom is -0.366 e.